The summed E-state index contributed by atoms with van der Waals surface area (Å²) in [6.07, 6.45) is 0. The molecule has 19 heavy (non-hydrogen) atoms. The van der Waals surface area contributed by atoms with Crippen LogP contribution in [0.2, 0.25) is 5.02 Å². The van der Waals surface area contributed by atoms with Crippen LogP contribution in [0, 0.1) is 0 Å². The molecule has 1 aliphatic carbocycles. The lowest BCUT2D eigenvalue weighted by Gasteiger charge is -2.16. The lowest BCUT2D eigenvalue weighted by molar-refractivity contribution is -0.139. The first kappa shape index (κ1) is 13.3. The van der Waals surface area contributed by atoms with Gasteiger partial charge in [0.05, 0.1) is 6.61 Å². The van der Waals surface area contributed by atoms with Gasteiger partial charge in [0.25, 0.3) is 0 Å². The molecule has 0 heterocycles. The molecule has 0 spiro atoms. The van der Waals surface area contributed by atoms with Gasteiger partial charge in [0, 0.05) is 16.1 Å². The Morgan fingerprint density at radius 3 is 2.58 bits per heavy atom. The number of ether oxygens (including phenoxy) is 1. The molecule has 0 saturated carbocycles. The number of fused-ring (bicyclic) bond motifs is 1. The number of aliphatic hydroxyl groups excluding tert-OH is 1. The Morgan fingerprint density at radius 1 is 1.26 bits per heavy atom. The van der Waals surface area contributed by atoms with Crippen LogP contribution in [0.1, 0.15) is 22.8 Å². The second-order valence-electron chi connectivity index (χ2n) is 3.79. The van der Waals surface area contributed by atoms with Gasteiger partial charge in [0.15, 0.2) is 5.57 Å². The van der Waals surface area contributed by atoms with Crippen LogP contribution in [0.25, 0.3) is 5.76 Å². The van der Waals surface area contributed by atoms with Crippen LogP contribution in [0.3, 0.4) is 0 Å². The number of hydrogen-bond donors (Lipinski definition) is 1. The highest BCUT2D eigenvalue weighted by Crippen LogP contribution is 2.30. The molecule has 0 unspecified atom stereocenters. The molecule has 0 fully saturated rings. The summed E-state index contributed by atoms with van der Waals surface area (Å²) in [5.41, 5.74) is -0.568. The maximum atomic E-state index is 11.9. The number of halogens is 1. The molecule has 0 aromatic heterocycles. The molecule has 2 rings (SSSR count). The van der Waals surface area contributed by atoms with Crippen LogP contribution in [0.5, 0.6) is 0 Å². The molecule has 1 aromatic carbocycles. The summed E-state index contributed by atoms with van der Waals surface area (Å²) in [6, 6.07) is 4.09. The van der Waals surface area contributed by atoms with Crippen molar-refractivity contribution in [3.63, 3.8) is 0 Å². The zero-order chi connectivity index (χ0) is 14.2. The summed E-state index contributed by atoms with van der Waals surface area (Å²) in [5.74, 6) is -3.56. The molecule has 98 valence electrons. The van der Waals surface area contributed by atoms with Crippen molar-refractivity contribution in [2.45, 2.75) is 6.92 Å². The van der Waals surface area contributed by atoms with Crippen LogP contribution in [0.4, 0.5) is 0 Å². The van der Waals surface area contributed by atoms with Gasteiger partial charge in [-0.2, -0.15) is 0 Å². The van der Waals surface area contributed by atoms with Crippen molar-refractivity contribution in [3.05, 3.63) is 39.9 Å². The monoisotopic (exact) mass is 280 g/mol. The minimum atomic E-state index is -1.09. The minimum Gasteiger partial charge on any atom is -0.506 e. The zero-order valence-corrected chi connectivity index (χ0v) is 10.7. The van der Waals surface area contributed by atoms with E-state index < -0.39 is 28.9 Å². The fourth-order valence-electron chi connectivity index (χ4n) is 1.78. The van der Waals surface area contributed by atoms with E-state index >= 15 is 0 Å². The quantitative estimate of drug-likeness (QED) is 0.509. The molecule has 0 aliphatic heterocycles. The van der Waals surface area contributed by atoms with Crippen molar-refractivity contribution < 1.29 is 24.2 Å². The van der Waals surface area contributed by atoms with Gasteiger partial charge >= 0.3 is 5.97 Å². The smallest absolute Gasteiger partial charge is 0.346 e. The van der Waals surface area contributed by atoms with Crippen molar-refractivity contribution in [3.8, 4) is 0 Å². The van der Waals surface area contributed by atoms with E-state index in [1.165, 1.54) is 18.2 Å². The van der Waals surface area contributed by atoms with Gasteiger partial charge in [-0.15, -0.1) is 0 Å². The molecule has 0 amide bonds. The van der Waals surface area contributed by atoms with Gasteiger partial charge in [-0.3, -0.25) is 9.59 Å². The van der Waals surface area contributed by atoms with E-state index in [0.717, 1.165) is 0 Å². The Labute approximate surface area is 113 Å². The van der Waals surface area contributed by atoms with Gasteiger partial charge in [0.2, 0.25) is 11.6 Å². The number of benzene rings is 1. The van der Waals surface area contributed by atoms with Gasteiger partial charge in [-0.25, -0.2) is 4.79 Å². The van der Waals surface area contributed by atoms with Crippen molar-refractivity contribution in [2.24, 2.45) is 0 Å². The highest BCUT2D eigenvalue weighted by molar-refractivity contribution is 6.57. The van der Waals surface area contributed by atoms with Crippen LogP contribution >= 0.6 is 11.6 Å². The number of esters is 1. The first-order valence-corrected chi connectivity index (χ1v) is 5.84. The Balaban J connectivity index is 2.64. The number of hydrogen-bond acceptors (Lipinski definition) is 5. The third-order valence-corrected chi connectivity index (χ3v) is 2.87. The number of carbonyl (C=O) groups is 3. The van der Waals surface area contributed by atoms with Crippen LogP contribution in [-0.4, -0.2) is 29.2 Å². The van der Waals surface area contributed by atoms with Crippen LogP contribution < -0.4 is 0 Å². The van der Waals surface area contributed by atoms with E-state index in [9.17, 15) is 19.5 Å². The molecular formula is C13H9ClO5. The molecule has 5 nitrogen and oxygen atoms in total. The predicted molar refractivity (Wildman–Crippen MR) is 67.0 cm³/mol. The summed E-state index contributed by atoms with van der Waals surface area (Å²) < 4.78 is 4.65. The third kappa shape index (κ3) is 2.13. The number of ketones is 2. The predicted octanol–water partition coefficient (Wildman–Crippen LogP) is 1.94. The van der Waals surface area contributed by atoms with Crippen LogP contribution in [-0.2, 0) is 14.3 Å². The SMILES string of the molecule is CCOC(=O)C1=C(O)c2ccc(Cl)cc2C(=O)C1=O. The summed E-state index contributed by atoms with van der Waals surface area (Å²) >= 11 is 5.73. The minimum absolute atomic E-state index is 0.0250. The molecule has 0 saturated heterocycles. The molecule has 0 atom stereocenters. The molecule has 0 bridgehead atoms. The highest BCUT2D eigenvalue weighted by atomic mass is 35.5. The van der Waals surface area contributed by atoms with Gasteiger partial charge in [0.1, 0.15) is 5.76 Å². The first-order valence-electron chi connectivity index (χ1n) is 5.46. The molecular weight excluding hydrogens is 272 g/mol. The van der Waals surface area contributed by atoms with Gasteiger partial charge in [-0.1, -0.05) is 11.6 Å². The van der Waals surface area contributed by atoms with E-state index in [-0.39, 0.29) is 22.8 Å². The number of rotatable bonds is 2. The molecule has 0 radical (unpaired) electrons. The highest BCUT2D eigenvalue weighted by Gasteiger charge is 2.37. The average Bonchev–Trinajstić information content (AvgIpc) is 2.36. The molecule has 1 aromatic rings. The summed E-state index contributed by atoms with van der Waals surface area (Å²) in [5, 5.41) is 10.2. The summed E-state index contributed by atoms with van der Waals surface area (Å²) in [4.78, 5) is 35.3. The zero-order valence-electron chi connectivity index (χ0n) is 9.90. The first-order chi connectivity index (χ1) is 8.97. The Hall–Kier alpha value is -2.14. The van der Waals surface area contributed by atoms with Crippen molar-refractivity contribution >= 4 is 34.9 Å². The molecule has 6 heteroatoms. The summed E-state index contributed by atoms with van der Waals surface area (Å²) in [6.45, 7) is 1.59. The van der Waals surface area contributed by atoms with E-state index in [1.54, 1.807) is 6.92 Å². The number of Topliss-reactive ketones (excluding diaryl/α,β-unsaturated/α-hetero) is 2. The topological polar surface area (TPSA) is 80.7 Å². The maximum absolute atomic E-state index is 11.9. The molecule has 1 aliphatic rings. The lowest BCUT2D eigenvalue weighted by atomic mass is 9.88. The lowest BCUT2D eigenvalue weighted by Crippen LogP contribution is -2.29. The van der Waals surface area contributed by atoms with Crippen molar-refractivity contribution in [1.82, 2.24) is 0 Å². The van der Waals surface area contributed by atoms with E-state index in [0.29, 0.717) is 0 Å². The average molecular weight is 281 g/mol. The maximum Gasteiger partial charge on any atom is 0.346 e. The fourth-order valence-corrected chi connectivity index (χ4v) is 1.95. The van der Waals surface area contributed by atoms with Gasteiger partial charge < -0.3 is 9.84 Å². The fraction of sp³-hybridized carbons (Fsp3) is 0.154. The summed E-state index contributed by atoms with van der Waals surface area (Å²) in [7, 11) is 0. The van der Waals surface area contributed by atoms with E-state index in [2.05, 4.69) is 4.74 Å². The standard InChI is InChI=1S/C13H9ClO5/c1-2-19-13(18)9-10(15)7-4-3-6(14)5-8(7)11(16)12(9)17/h3-5,15H,2H2,1H3. The van der Waals surface area contributed by atoms with E-state index in [4.69, 9.17) is 11.6 Å². The van der Waals surface area contributed by atoms with E-state index in [1.807, 2.05) is 0 Å². The second kappa shape index (κ2) is 4.85. The van der Waals surface area contributed by atoms with Crippen LogP contribution in [0.15, 0.2) is 23.8 Å². The number of carbonyl (C=O) groups excluding carboxylic acids is 3. The Morgan fingerprint density at radius 2 is 1.95 bits per heavy atom. The number of aliphatic hydroxyl groups is 1. The van der Waals surface area contributed by atoms with Gasteiger partial charge in [-0.05, 0) is 25.1 Å². The molecule has 1 N–H and O–H groups in total. The largest absolute Gasteiger partial charge is 0.506 e. The second-order valence-corrected chi connectivity index (χ2v) is 4.23. The third-order valence-electron chi connectivity index (χ3n) is 2.63. The Kier molecular flexibility index (Phi) is 3.40. The Bertz CT molecular complexity index is 630. The normalized spacial score (nSPS) is 14.4. The van der Waals surface area contributed by atoms with Crippen molar-refractivity contribution in [1.29, 1.82) is 0 Å². The van der Waals surface area contributed by atoms with Crippen molar-refractivity contribution in [2.75, 3.05) is 6.61 Å².